The van der Waals surface area contributed by atoms with Crippen molar-refractivity contribution in [2.75, 3.05) is 17.7 Å². The van der Waals surface area contributed by atoms with Gasteiger partial charge in [0.1, 0.15) is 12.3 Å². The first kappa shape index (κ1) is 22.4. The number of rotatable bonds is 7. The summed E-state index contributed by atoms with van der Waals surface area (Å²) in [6.07, 6.45) is 0. The van der Waals surface area contributed by atoms with Gasteiger partial charge < -0.3 is 15.4 Å². The lowest BCUT2D eigenvalue weighted by Crippen LogP contribution is -2.30. The summed E-state index contributed by atoms with van der Waals surface area (Å²) < 4.78 is 6.82. The first-order valence-corrected chi connectivity index (χ1v) is 10.9. The van der Waals surface area contributed by atoms with Crippen LogP contribution in [0.3, 0.4) is 0 Å². The van der Waals surface area contributed by atoms with Crippen LogP contribution in [0.2, 0.25) is 5.02 Å². The lowest BCUT2D eigenvalue weighted by atomic mass is 10.1. The second-order valence-corrected chi connectivity index (χ2v) is 8.15. The Kier molecular flexibility index (Phi) is 6.66. The standard InChI is InChI=1S/C26H24ClN3O3/c1-17-8-10-20(27)13-23(17)29-25(31)16-30-24-14-22(33-2)11-9-18(24)12-19(26(30)32)15-28-21-6-4-3-5-7-21/h3-14,28H,15-16H2,1-2H3,(H,29,31). The molecule has 3 aromatic carbocycles. The molecule has 0 aliphatic heterocycles. The first-order valence-electron chi connectivity index (χ1n) is 10.5. The number of aromatic nitrogens is 1. The molecule has 1 aromatic heterocycles. The van der Waals surface area contributed by atoms with Crippen LogP contribution < -0.4 is 20.9 Å². The van der Waals surface area contributed by atoms with Crippen molar-refractivity contribution in [1.29, 1.82) is 0 Å². The van der Waals surface area contributed by atoms with Gasteiger partial charge in [-0.2, -0.15) is 0 Å². The molecule has 1 amide bonds. The fourth-order valence-corrected chi connectivity index (χ4v) is 3.81. The molecule has 4 aromatic rings. The summed E-state index contributed by atoms with van der Waals surface area (Å²) >= 11 is 6.08. The maximum atomic E-state index is 13.4. The smallest absolute Gasteiger partial charge is 0.256 e. The molecule has 0 aliphatic rings. The van der Waals surface area contributed by atoms with Crippen molar-refractivity contribution in [3.8, 4) is 5.75 Å². The van der Waals surface area contributed by atoms with E-state index in [1.807, 2.05) is 61.5 Å². The van der Waals surface area contributed by atoms with Crippen LogP contribution >= 0.6 is 11.6 Å². The van der Waals surface area contributed by atoms with Crippen molar-refractivity contribution >= 4 is 39.8 Å². The second-order valence-electron chi connectivity index (χ2n) is 7.71. The molecule has 0 radical (unpaired) electrons. The van der Waals surface area contributed by atoms with E-state index < -0.39 is 0 Å². The summed E-state index contributed by atoms with van der Waals surface area (Å²) in [4.78, 5) is 26.3. The van der Waals surface area contributed by atoms with E-state index in [1.165, 1.54) is 4.57 Å². The Hall–Kier alpha value is -3.77. The number of anilines is 2. The average Bonchev–Trinajstić information content (AvgIpc) is 2.82. The van der Waals surface area contributed by atoms with Crippen LogP contribution in [0.25, 0.3) is 10.9 Å². The first-order chi connectivity index (χ1) is 15.9. The number of ether oxygens (including phenoxy) is 1. The summed E-state index contributed by atoms with van der Waals surface area (Å²) in [6.45, 7) is 2.07. The Bertz CT molecular complexity index is 1370. The number of benzene rings is 3. The Morgan fingerprint density at radius 1 is 1.03 bits per heavy atom. The number of pyridine rings is 1. The van der Waals surface area contributed by atoms with Crippen LogP contribution in [-0.2, 0) is 17.9 Å². The van der Waals surface area contributed by atoms with Gasteiger partial charge in [-0.1, -0.05) is 35.9 Å². The Morgan fingerprint density at radius 3 is 2.58 bits per heavy atom. The van der Waals surface area contributed by atoms with Gasteiger partial charge in [-0.05, 0) is 60.3 Å². The molecule has 0 spiro atoms. The zero-order chi connectivity index (χ0) is 23.4. The number of nitrogens with zero attached hydrogens (tertiary/aromatic N) is 1. The third-order valence-electron chi connectivity index (χ3n) is 5.41. The van der Waals surface area contributed by atoms with Crippen LogP contribution in [0.15, 0.2) is 77.6 Å². The highest BCUT2D eigenvalue weighted by atomic mass is 35.5. The Labute approximate surface area is 196 Å². The predicted molar refractivity (Wildman–Crippen MR) is 133 cm³/mol. The molecule has 0 atom stereocenters. The molecule has 6 nitrogen and oxygen atoms in total. The Morgan fingerprint density at radius 2 is 1.82 bits per heavy atom. The van der Waals surface area contributed by atoms with Gasteiger partial charge in [-0.25, -0.2) is 0 Å². The van der Waals surface area contributed by atoms with E-state index in [4.69, 9.17) is 16.3 Å². The maximum Gasteiger partial charge on any atom is 0.256 e. The highest BCUT2D eigenvalue weighted by Crippen LogP contribution is 2.22. The van der Waals surface area contributed by atoms with Crippen LogP contribution in [0.1, 0.15) is 11.1 Å². The van der Waals surface area contributed by atoms with Crippen molar-refractivity contribution in [3.05, 3.63) is 99.3 Å². The molecule has 0 saturated carbocycles. The van der Waals surface area contributed by atoms with Crippen molar-refractivity contribution < 1.29 is 9.53 Å². The fourth-order valence-electron chi connectivity index (χ4n) is 3.64. The van der Waals surface area contributed by atoms with Crippen molar-refractivity contribution in [1.82, 2.24) is 4.57 Å². The van der Waals surface area contributed by atoms with Crippen molar-refractivity contribution in [3.63, 3.8) is 0 Å². The molecular formula is C26H24ClN3O3. The second kappa shape index (κ2) is 9.79. The van der Waals surface area contributed by atoms with Gasteiger partial charge in [0.2, 0.25) is 5.91 Å². The zero-order valence-electron chi connectivity index (χ0n) is 18.4. The minimum Gasteiger partial charge on any atom is -0.497 e. The minimum atomic E-state index is -0.320. The number of nitrogens with one attached hydrogen (secondary N) is 2. The molecule has 0 unspecified atom stereocenters. The molecule has 1 heterocycles. The van der Waals surface area contributed by atoms with Crippen molar-refractivity contribution in [2.45, 2.75) is 20.0 Å². The molecule has 168 valence electrons. The highest BCUT2D eigenvalue weighted by Gasteiger charge is 2.14. The van der Waals surface area contributed by atoms with Gasteiger partial charge in [0.15, 0.2) is 0 Å². The van der Waals surface area contributed by atoms with E-state index in [2.05, 4.69) is 10.6 Å². The third-order valence-corrected chi connectivity index (χ3v) is 5.65. The molecular weight excluding hydrogens is 438 g/mol. The molecule has 0 saturated heterocycles. The molecule has 2 N–H and O–H groups in total. The summed E-state index contributed by atoms with van der Waals surface area (Å²) in [6, 6.07) is 22.3. The van der Waals surface area contributed by atoms with E-state index >= 15 is 0 Å². The number of amides is 1. The van der Waals surface area contributed by atoms with E-state index in [9.17, 15) is 9.59 Å². The summed E-state index contributed by atoms with van der Waals surface area (Å²) in [7, 11) is 1.57. The predicted octanol–water partition coefficient (Wildman–Crippen LogP) is 5.22. The molecule has 7 heteroatoms. The molecule has 0 fully saturated rings. The molecule has 4 rings (SSSR count). The van der Waals surface area contributed by atoms with Crippen LogP contribution in [0.4, 0.5) is 11.4 Å². The topological polar surface area (TPSA) is 72.4 Å². The normalized spacial score (nSPS) is 10.8. The summed E-state index contributed by atoms with van der Waals surface area (Å²) in [5, 5.41) is 7.50. The number of hydrogen-bond acceptors (Lipinski definition) is 4. The molecule has 33 heavy (non-hydrogen) atoms. The lowest BCUT2D eigenvalue weighted by molar-refractivity contribution is -0.116. The third kappa shape index (κ3) is 5.18. The van der Waals surface area contributed by atoms with Gasteiger partial charge in [0.25, 0.3) is 5.56 Å². The average molecular weight is 462 g/mol. The quantitative estimate of drug-likeness (QED) is 0.395. The van der Waals surface area contributed by atoms with Crippen LogP contribution in [0, 0.1) is 6.92 Å². The summed E-state index contributed by atoms with van der Waals surface area (Å²) in [5.74, 6) is 0.289. The van der Waals surface area contributed by atoms with Gasteiger partial charge in [-0.15, -0.1) is 0 Å². The maximum absolute atomic E-state index is 13.4. The number of carbonyl (C=O) groups excluding carboxylic acids is 1. The Balaban J connectivity index is 1.69. The number of aryl methyl sites for hydroxylation is 1. The van der Waals surface area contributed by atoms with E-state index in [0.717, 1.165) is 16.6 Å². The van der Waals surface area contributed by atoms with Crippen LogP contribution in [0.5, 0.6) is 5.75 Å². The fraction of sp³-hybridized carbons (Fsp3) is 0.154. The molecule has 0 aliphatic carbocycles. The number of fused-ring (bicyclic) bond motifs is 1. The SMILES string of the molecule is COc1ccc2cc(CNc3ccccc3)c(=O)n(CC(=O)Nc3cc(Cl)ccc3C)c2c1. The van der Waals surface area contributed by atoms with Crippen molar-refractivity contribution in [2.24, 2.45) is 0 Å². The summed E-state index contributed by atoms with van der Waals surface area (Å²) in [5.41, 5.74) is 3.35. The van der Waals surface area contributed by atoms with Gasteiger partial charge >= 0.3 is 0 Å². The van der Waals surface area contributed by atoms with Gasteiger partial charge in [-0.3, -0.25) is 14.2 Å². The lowest BCUT2D eigenvalue weighted by Gasteiger charge is -2.15. The van der Waals surface area contributed by atoms with Gasteiger partial charge in [0, 0.05) is 34.6 Å². The number of carbonyl (C=O) groups is 1. The largest absolute Gasteiger partial charge is 0.497 e. The van der Waals surface area contributed by atoms with E-state index in [0.29, 0.717) is 34.1 Å². The number of methoxy groups -OCH3 is 1. The number of hydrogen-bond donors (Lipinski definition) is 2. The minimum absolute atomic E-state index is 0.145. The van der Waals surface area contributed by atoms with Gasteiger partial charge in [0.05, 0.1) is 12.6 Å². The van der Waals surface area contributed by atoms with Crippen LogP contribution in [-0.4, -0.2) is 17.6 Å². The van der Waals surface area contributed by atoms with E-state index in [-0.39, 0.29) is 18.0 Å². The zero-order valence-corrected chi connectivity index (χ0v) is 19.1. The number of para-hydroxylation sites is 1. The number of halogens is 1. The van der Waals surface area contributed by atoms with E-state index in [1.54, 1.807) is 25.3 Å². The monoisotopic (exact) mass is 461 g/mol. The molecule has 0 bridgehead atoms. The highest BCUT2D eigenvalue weighted by molar-refractivity contribution is 6.31.